The lowest BCUT2D eigenvalue weighted by atomic mass is 10.3. The van der Waals surface area contributed by atoms with E-state index in [1.807, 2.05) is 18.2 Å². The lowest BCUT2D eigenvalue weighted by molar-refractivity contribution is 0.631. The number of para-hydroxylation sites is 1. The molecule has 2 N–H and O–H groups in total. The van der Waals surface area contributed by atoms with Crippen molar-refractivity contribution < 1.29 is 4.39 Å². The minimum absolute atomic E-state index is 0.330. The molecule has 0 aliphatic rings. The van der Waals surface area contributed by atoms with Gasteiger partial charge in [-0.1, -0.05) is 18.2 Å². The first-order chi connectivity index (χ1) is 10.8. The normalized spacial score (nSPS) is 10.2. The van der Waals surface area contributed by atoms with Gasteiger partial charge in [-0.3, -0.25) is 4.98 Å². The Kier molecular flexibility index (Phi) is 4.20. The number of rotatable bonds is 5. The van der Waals surface area contributed by atoms with Crippen molar-refractivity contribution in [3.8, 4) is 0 Å². The Balaban J connectivity index is 1.69. The number of aromatic nitrogens is 3. The zero-order valence-corrected chi connectivity index (χ0v) is 11.7. The van der Waals surface area contributed by atoms with Gasteiger partial charge < -0.3 is 10.6 Å². The zero-order chi connectivity index (χ0) is 15.2. The van der Waals surface area contributed by atoms with Crippen LogP contribution in [0.4, 0.5) is 21.8 Å². The summed E-state index contributed by atoms with van der Waals surface area (Å²) in [6, 6.07) is 13.8. The molecule has 3 rings (SSSR count). The molecule has 0 unspecified atom stereocenters. The van der Waals surface area contributed by atoms with Gasteiger partial charge >= 0.3 is 0 Å². The number of nitrogens with zero attached hydrogens (tertiary/aromatic N) is 3. The Labute approximate surface area is 127 Å². The fourth-order valence-corrected chi connectivity index (χ4v) is 1.88. The van der Waals surface area contributed by atoms with Gasteiger partial charge in [0, 0.05) is 12.4 Å². The maximum atomic E-state index is 13.6. The monoisotopic (exact) mass is 295 g/mol. The Hall–Kier alpha value is -3.02. The van der Waals surface area contributed by atoms with Crippen LogP contribution in [0.25, 0.3) is 0 Å². The van der Waals surface area contributed by atoms with E-state index in [1.165, 1.54) is 6.07 Å². The lowest BCUT2D eigenvalue weighted by Crippen LogP contribution is -2.05. The quantitative estimate of drug-likeness (QED) is 0.755. The molecule has 2 aromatic heterocycles. The standard InChI is InChI=1S/C16H14FN5/c17-13-6-1-2-7-14(13)21-16-19-10-8-15(22-16)20-11-12-5-3-4-9-18-12/h1-10H,11H2,(H2,19,20,21,22). The maximum absolute atomic E-state index is 13.6. The van der Waals surface area contributed by atoms with Crippen molar-refractivity contribution in [2.24, 2.45) is 0 Å². The van der Waals surface area contributed by atoms with Crippen LogP contribution in [-0.2, 0) is 6.54 Å². The van der Waals surface area contributed by atoms with E-state index in [2.05, 4.69) is 25.6 Å². The van der Waals surface area contributed by atoms with Crippen LogP contribution in [0.2, 0.25) is 0 Å². The van der Waals surface area contributed by atoms with E-state index < -0.39 is 0 Å². The van der Waals surface area contributed by atoms with Crippen LogP contribution in [-0.4, -0.2) is 15.0 Å². The van der Waals surface area contributed by atoms with Crippen LogP contribution in [0.15, 0.2) is 60.9 Å². The van der Waals surface area contributed by atoms with E-state index in [-0.39, 0.29) is 5.82 Å². The third-order valence-electron chi connectivity index (χ3n) is 2.95. The minimum atomic E-state index is -0.349. The highest BCUT2D eigenvalue weighted by molar-refractivity contribution is 5.55. The summed E-state index contributed by atoms with van der Waals surface area (Å²) in [6.45, 7) is 0.553. The number of pyridine rings is 1. The summed E-state index contributed by atoms with van der Waals surface area (Å²) < 4.78 is 13.6. The second kappa shape index (κ2) is 6.62. The molecule has 5 nitrogen and oxygen atoms in total. The van der Waals surface area contributed by atoms with E-state index in [0.29, 0.717) is 24.0 Å². The van der Waals surface area contributed by atoms with Crippen molar-refractivity contribution in [3.05, 3.63) is 72.4 Å². The summed E-state index contributed by atoms with van der Waals surface area (Å²) in [5.41, 5.74) is 1.24. The molecule has 0 radical (unpaired) electrons. The molecule has 110 valence electrons. The summed E-state index contributed by atoms with van der Waals surface area (Å²) in [6.07, 6.45) is 3.35. The fourth-order valence-electron chi connectivity index (χ4n) is 1.88. The molecule has 0 atom stereocenters. The van der Waals surface area contributed by atoms with Gasteiger partial charge in [-0.15, -0.1) is 0 Å². The van der Waals surface area contributed by atoms with Crippen LogP contribution in [0.5, 0.6) is 0 Å². The Bertz CT molecular complexity index is 748. The molecule has 22 heavy (non-hydrogen) atoms. The SMILES string of the molecule is Fc1ccccc1Nc1nccc(NCc2ccccn2)n1. The van der Waals surface area contributed by atoms with Crippen LogP contribution in [0.3, 0.4) is 0 Å². The van der Waals surface area contributed by atoms with Gasteiger partial charge in [-0.05, 0) is 30.3 Å². The largest absolute Gasteiger partial charge is 0.364 e. The molecule has 0 spiro atoms. The summed E-state index contributed by atoms with van der Waals surface area (Å²) in [5, 5.41) is 6.01. The van der Waals surface area contributed by atoms with Gasteiger partial charge in [0.25, 0.3) is 0 Å². The van der Waals surface area contributed by atoms with E-state index in [1.54, 1.807) is 36.7 Å². The predicted octanol–water partition coefficient (Wildman–Crippen LogP) is 3.37. The van der Waals surface area contributed by atoms with Gasteiger partial charge in [0.05, 0.1) is 17.9 Å². The van der Waals surface area contributed by atoms with Crippen molar-refractivity contribution in [2.75, 3.05) is 10.6 Å². The molecule has 1 aromatic carbocycles. The molecule has 0 amide bonds. The third-order valence-corrected chi connectivity index (χ3v) is 2.95. The second-order valence-electron chi connectivity index (χ2n) is 4.54. The Morgan fingerprint density at radius 3 is 2.59 bits per heavy atom. The first kappa shape index (κ1) is 13.9. The highest BCUT2D eigenvalue weighted by atomic mass is 19.1. The summed E-state index contributed by atoms with van der Waals surface area (Å²) in [4.78, 5) is 12.6. The van der Waals surface area contributed by atoms with E-state index in [9.17, 15) is 4.39 Å². The molecule has 0 bridgehead atoms. The van der Waals surface area contributed by atoms with E-state index in [4.69, 9.17) is 0 Å². The third kappa shape index (κ3) is 3.54. The van der Waals surface area contributed by atoms with Crippen LogP contribution >= 0.6 is 0 Å². The molecule has 0 fully saturated rings. The minimum Gasteiger partial charge on any atom is -0.364 e. The van der Waals surface area contributed by atoms with Gasteiger partial charge in [0.1, 0.15) is 11.6 Å². The van der Waals surface area contributed by atoms with Gasteiger partial charge in [-0.25, -0.2) is 9.37 Å². The Morgan fingerprint density at radius 2 is 1.77 bits per heavy atom. The number of benzene rings is 1. The second-order valence-corrected chi connectivity index (χ2v) is 4.54. The van der Waals surface area contributed by atoms with Gasteiger partial charge in [0.2, 0.25) is 5.95 Å². The van der Waals surface area contributed by atoms with Crippen molar-refractivity contribution >= 4 is 17.5 Å². The molecular formula is C16H14FN5. The van der Waals surface area contributed by atoms with Crippen LogP contribution in [0.1, 0.15) is 5.69 Å². The van der Waals surface area contributed by atoms with E-state index in [0.717, 1.165) is 5.69 Å². The van der Waals surface area contributed by atoms with Crippen LogP contribution in [0, 0.1) is 5.82 Å². The Morgan fingerprint density at radius 1 is 0.909 bits per heavy atom. The van der Waals surface area contributed by atoms with Gasteiger partial charge in [0.15, 0.2) is 0 Å². The smallest absolute Gasteiger partial charge is 0.229 e. The predicted molar refractivity (Wildman–Crippen MR) is 83.3 cm³/mol. The average Bonchev–Trinajstić information content (AvgIpc) is 2.57. The molecular weight excluding hydrogens is 281 g/mol. The fraction of sp³-hybridized carbons (Fsp3) is 0.0625. The zero-order valence-electron chi connectivity index (χ0n) is 11.7. The van der Waals surface area contributed by atoms with Crippen molar-refractivity contribution in [2.45, 2.75) is 6.54 Å². The molecule has 3 aromatic rings. The van der Waals surface area contributed by atoms with Crippen molar-refractivity contribution in [3.63, 3.8) is 0 Å². The molecule has 2 heterocycles. The number of halogens is 1. The molecule has 0 aliphatic carbocycles. The molecule has 6 heteroatoms. The van der Waals surface area contributed by atoms with Crippen LogP contribution < -0.4 is 10.6 Å². The number of hydrogen-bond donors (Lipinski definition) is 2. The number of nitrogens with one attached hydrogen (secondary N) is 2. The average molecular weight is 295 g/mol. The molecule has 0 saturated carbocycles. The van der Waals surface area contributed by atoms with Crippen molar-refractivity contribution in [1.82, 2.24) is 15.0 Å². The topological polar surface area (TPSA) is 62.7 Å². The lowest BCUT2D eigenvalue weighted by Gasteiger charge is -2.08. The highest BCUT2D eigenvalue weighted by Gasteiger charge is 2.04. The molecule has 0 saturated heterocycles. The number of anilines is 3. The van der Waals surface area contributed by atoms with E-state index >= 15 is 0 Å². The first-order valence-corrected chi connectivity index (χ1v) is 6.79. The highest BCUT2D eigenvalue weighted by Crippen LogP contribution is 2.17. The van der Waals surface area contributed by atoms with Crippen molar-refractivity contribution in [1.29, 1.82) is 0 Å². The number of hydrogen-bond acceptors (Lipinski definition) is 5. The van der Waals surface area contributed by atoms with Gasteiger partial charge in [-0.2, -0.15) is 4.98 Å². The first-order valence-electron chi connectivity index (χ1n) is 6.79. The maximum Gasteiger partial charge on any atom is 0.229 e. The molecule has 0 aliphatic heterocycles. The summed E-state index contributed by atoms with van der Waals surface area (Å²) in [7, 11) is 0. The summed E-state index contributed by atoms with van der Waals surface area (Å²) >= 11 is 0. The summed E-state index contributed by atoms with van der Waals surface area (Å²) in [5.74, 6) is 0.619.